The molecule has 0 unspecified atom stereocenters. The normalized spacial score (nSPS) is 18.3. The van der Waals surface area contributed by atoms with Gasteiger partial charge < -0.3 is 19.3 Å². The van der Waals surface area contributed by atoms with Gasteiger partial charge in [-0.05, 0) is 59.7 Å². The number of hydrazine groups is 1. The molecule has 3 aromatic rings. The maximum atomic E-state index is 13.9. The summed E-state index contributed by atoms with van der Waals surface area (Å²) in [5.74, 6) is 1.10. The van der Waals surface area contributed by atoms with Crippen molar-refractivity contribution in [2.75, 3.05) is 33.5 Å². The molecule has 1 amide bonds. The van der Waals surface area contributed by atoms with Gasteiger partial charge in [-0.3, -0.25) is 10.2 Å². The largest absolute Gasteiger partial charge is 0.497 e. The lowest BCUT2D eigenvalue weighted by molar-refractivity contribution is -0.130. The zero-order valence-electron chi connectivity index (χ0n) is 21.5. The van der Waals surface area contributed by atoms with Crippen molar-refractivity contribution < 1.29 is 28.5 Å². The summed E-state index contributed by atoms with van der Waals surface area (Å²) in [4.78, 5) is 18.8. The molecule has 0 fully saturated rings. The van der Waals surface area contributed by atoms with Crippen LogP contribution in [0, 0.1) is 0 Å². The number of rotatable bonds is 13. The monoisotopic (exact) mass is 599 g/mol. The Hall–Kier alpha value is -3.47. The molecule has 0 saturated carbocycles. The standard InChI is InChI=1S/C29H31BrFN3O5/c1-37-25-5-2-4-22(18-25)26-29(28(36)34-32-15-14-31,19-20-6-10-23(30)11-7-20)33-27(39-26)21-8-12-24(13-9-21)38-17-3-16-35/h2,4-13,18,26,32,35H,3,14-17,19H2,1H3,(H,34,36)/t26-,29-/m0/s1. The Bertz CT molecular complexity index is 1270. The first-order valence-corrected chi connectivity index (χ1v) is 13.4. The van der Waals surface area contributed by atoms with Gasteiger partial charge in [0.2, 0.25) is 5.90 Å². The van der Waals surface area contributed by atoms with Crippen LogP contribution in [0.3, 0.4) is 0 Å². The van der Waals surface area contributed by atoms with Gasteiger partial charge in [-0.15, -0.1) is 0 Å². The van der Waals surface area contributed by atoms with Crippen LogP contribution in [0.1, 0.15) is 29.2 Å². The highest BCUT2D eigenvalue weighted by Crippen LogP contribution is 2.43. The second-order valence-electron chi connectivity index (χ2n) is 8.94. The maximum Gasteiger partial charge on any atom is 0.266 e. The lowest BCUT2D eigenvalue weighted by atomic mass is 9.82. The van der Waals surface area contributed by atoms with Crippen molar-refractivity contribution in [3.63, 3.8) is 0 Å². The fraction of sp³-hybridized carbons (Fsp3) is 0.310. The van der Waals surface area contributed by atoms with Crippen molar-refractivity contribution in [1.29, 1.82) is 0 Å². The highest BCUT2D eigenvalue weighted by atomic mass is 79.9. The van der Waals surface area contributed by atoms with E-state index in [9.17, 15) is 9.18 Å². The molecule has 0 aromatic heterocycles. The number of nitrogens with zero attached hydrogens (tertiary/aromatic N) is 1. The molecule has 10 heteroatoms. The number of aliphatic hydroxyl groups is 1. The van der Waals surface area contributed by atoms with E-state index in [1.165, 1.54) is 0 Å². The quantitative estimate of drug-likeness (QED) is 0.200. The van der Waals surface area contributed by atoms with Crippen LogP contribution >= 0.6 is 15.9 Å². The number of methoxy groups -OCH3 is 1. The molecule has 39 heavy (non-hydrogen) atoms. The molecule has 206 valence electrons. The van der Waals surface area contributed by atoms with Crippen LogP contribution in [0.4, 0.5) is 4.39 Å². The van der Waals surface area contributed by atoms with E-state index in [0.29, 0.717) is 41.6 Å². The minimum atomic E-state index is -1.42. The van der Waals surface area contributed by atoms with Crippen molar-refractivity contribution in [1.82, 2.24) is 10.9 Å². The highest BCUT2D eigenvalue weighted by molar-refractivity contribution is 9.10. The molecule has 2 atom stereocenters. The van der Waals surface area contributed by atoms with E-state index in [1.54, 1.807) is 19.2 Å². The number of carbonyl (C=O) groups is 1. The van der Waals surface area contributed by atoms with E-state index in [4.69, 9.17) is 24.3 Å². The molecule has 1 aliphatic rings. The number of hydrogen-bond donors (Lipinski definition) is 3. The van der Waals surface area contributed by atoms with Crippen LogP contribution < -0.4 is 20.3 Å². The van der Waals surface area contributed by atoms with Crippen LogP contribution in [-0.2, 0) is 16.0 Å². The molecular formula is C29H31BrFN3O5. The summed E-state index contributed by atoms with van der Waals surface area (Å²) in [6.07, 6.45) is -0.0555. The summed E-state index contributed by atoms with van der Waals surface area (Å²) in [7, 11) is 1.57. The number of carbonyl (C=O) groups excluding carboxylic acids is 1. The summed E-state index contributed by atoms with van der Waals surface area (Å²) in [5.41, 5.74) is 6.10. The van der Waals surface area contributed by atoms with Gasteiger partial charge in [0, 0.05) is 36.0 Å². The van der Waals surface area contributed by atoms with Gasteiger partial charge in [-0.1, -0.05) is 40.2 Å². The van der Waals surface area contributed by atoms with Crippen LogP contribution in [0.2, 0.25) is 0 Å². The first-order valence-electron chi connectivity index (χ1n) is 12.6. The highest BCUT2D eigenvalue weighted by Gasteiger charge is 2.53. The Morgan fingerprint density at radius 2 is 1.90 bits per heavy atom. The van der Waals surface area contributed by atoms with Gasteiger partial charge in [0.25, 0.3) is 5.91 Å². The van der Waals surface area contributed by atoms with Gasteiger partial charge in [-0.25, -0.2) is 14.8 Å². The molecule has 0 spiro atoms. The lowest BCUT2D eigenvalue weighted by Gasteiger charge is -2.31. The number of benzene rings is 3. The molecule has 0 saturated heterocycles. The van der Waals surface area contributed by atoms with Crippen LogP contribution in [0.15, 0.2) is 82.3 Å². The minimum absolute atomic E-state index is 0.0426. The number of ether oxygens (including phenoxy) is 3. The number of alkyl halides is 1. The van der Waals surface area contributed by atoms with Gasteiger partial charge >= 0.3 is 0 Å². The number of amides is 1. The van der Waals surface area contributed by atoms with Gasteiger partial charge in [0.05, 0.1) is 13.7 Å². The second-order valence-corrected chi connectivity index (χ2v) is 9.85. The molecule has 1 aliphatic heterocycles. The zero-order valence-corrected chi connectivity index (χ0v) is 23.1. The van der Waals surface area contributed by atoms with Crippen LogP contribution in [-0.4, -0.2) is 56.0 Å². The molecule has 3 aromatic carbocycles. The van der Waals surface area contributed by atoms with Crippen molar-refractivity contribution in [3.8, 4) is 11.5 Å². The first-order chi connectivity index (χ1) is 19.0. The Labute approximate surface area is 235 Å². The average molecular weight is 600 g/mol. The van der Waals surface area contributed by atoms with Gasteiger partial charge in [-0.2, -0.15) is 0 Å². The number of halogens is 2. The fourth-order valence-electron chi connectivity index (χ4n) is 4.30. The summed E-state index contributed by atoms with van der Waals surface area (Å²) in [5, 5.41) is 8.99. The number of nitrogens with one attached hydrogen (secondary N) is 2. The Balaban J connectivity index is 1.77. The molecular weight excluding hydrogens is 569 g/mol. The third-order valence-electron chi connectivity index (χ3n) is 6.23. The molecule has 0 aliphatic carbocycles. The summed E-state index contributed by atoms with van der Waals surface area (Å²) >= 11 is 3.46. The predicted octanol–water partition coefficient (Wildman–Crippen LogP) is 4.31. The number of hydrogen-bond acceptors (Lipinski definition) is 7. The Morgan fingerprint density at radius 3 is 2.59 bits per heavy atom. The summed E-state index contributed by atoms with van der Waals surface area (Å²) in [6, 6.07) is 22.2. The summed E-state index contributed by atoms with van der Waals surface area (Å²) < 4.78 is 31.3. The topological polar surface area (TPSA) is 101 Å². The second kappa shape index (κ2) is 13.5. The SMILES string of the molecule is COc1cccc([C@@H]2OC(c3ccc(OCCCO)cc3)=N[C@]2(Cc2ccc(Br)cc2)C(=O)NNCCF)c1. The van der Waals surface area contributed by atoms with Crippen molar-refractivity contribution >= 4 is 27.7 Å². The fourth-order valence-corrected chi connectivity index (χ4v) is 4.56. The summed E-state index contributed by atoms with van der Waals surface area (Å²) in [6.45, 7) is -0.235. The molecule has 4 rings (SSSR count). The Morgan fingerprint density at radius 1 is 1.13 bits per heavy atom. The van der Waals surface area contributed by atoms with E-state index >= 15 is 0 Å². The maximum absolute atomic E-state index is 13.9. The third-order valence-corrected chi connectivity index (χ3v) is 6.76. The van der Waals surface area contributed by atoms with Crippen molar-refractivity contribution in [2.24, 2.45) is 4.99 Å². The molecule has 1 heterocycles. The minimum Gasteiger partial charge on any atom is -0.497 e. The molecule has 0 bridgehead atoms. The molecule has 8 nitrogen and oxygen atoms in total. The lowest BCUT2D eigenvalue weighted by Crippen LogP contribution is -2.54. The predicted molar refractivity (Wildman–Crippen MR) is 150 cm³/mol. The van der Waals surface area contributed by atoms with E-state index in [-0.39, 0.29) is 19.6 Å². The molecule has 0 radical (unpaired) electrons. The Kier molecular flexibility index (Phi) is 9.91. The van der Waals surface area contributed by atoms with Gasteiger partial charge in [0.15, 0.2) is 11.6 Å². The molecule has 3 N–H and O–H groups in total. The van der Waals surface area contributed by atoms with Gasteiger partial charge in [0.1, 0.15) is 18.2 Å². The van der Waals surface area contributed by atoms with E-state index in [2.05, 4.69) is 26.8 Å². The average Bonchev–Trinajstić information content (AvgIpc) is 3.35. The van der Waals surface area contributed by atoms with E-state index in [1.807, 2.05) is 60.7 Å². The number of aliphatic hydroxyl groups excluding tert-OH is 1. The zero-order chi connectivity index (χ0) is 27.7. The van der Waals surface area contributed by atoms with Crippen LogP contribution in [0.5, 0.6) is 11.5 Å². The van der Waals surface area contributed by atoms with Crippen molar-refractivity contribution in [3.05, 3.63) is 94.0 Å². The van der Waals surface area contributed by atoms with Crippen LogP contribution in [0.25, 0.3) is 0 Å². The van der Waals surface area contributed by atoms with Crippen molar-refractivity contribution in [2.45, 2.75) is 24.5 Å². The third kappa shape index (κ3) is 6.95. The van der Waals surface area contributed by atoms with E-state index in [0.717, 1.165) is 10.0 Å². The number of aliphatic imine (C=N–C) groups is 1. The van der Waals surface area contributed by atoms with E-state index < -0.39 is 24.2 Å². The first kappa shape index (κ1) is 28.5. The smallest absolute Gasteiger partial charge is 0.266 e.